The van der Waals surface area contributed by atoms with Crippen molar-refractivity contribution in [2.75, 3.05) is 13.2 Å². The van der Waals surface area contributed by atoms with Crippen molar-refractivity contribution in [2.24, 2.45) is 0 Å². The van der Waals surface area contributed by atoms with E-state index in [9.17, 15) is 14.4 Å². The van der Waals surface area contributed by atoms with Gasteiger partial charge in [0.2, 0.25) is 0 Å². The molecule has 0 aliphatic carbocycles. The van der Waals surface area contributed by atoms with Gasteiger partial charge in [-0.2, -0.15) is 0 Å². The molecule has 1 atom stereocenters. The highest BCUT2D eigenvalue weighted by Gasteiger charge is 2.19. The Kier molecular flexibility index (Phi) is 51.8. The van der Waals surface area contributed by atoms with Crippen LogP contribution >= 0.6 is 0 Å². The summed E-state index contributed by atoms with van der Waals surface area (Å²) in [6, 6.07) is 0. The summed E-state index contributed by atoms with van der Waals surface area (Å²) >= 11 is 0. The van der Waals surface area contributed by atoms with Crippen molar-refractivity contribution in [3.05, 3.63) is 48.6 Å². The van der Waals surface area contributed by atoms with Gasteiger partial charge in [0.05, 0.1) is 0 Å². The first-order chi connectivity index (χ1) is 32.0. The fourth-order valence-electron chi connectivity index (χ4n) is 8.08. The minimum atomic E-state index is -0.807. The van der Waals surface area contributed by atoms with E-state index in [0.717, 1.165) is 64.2 Å². The van der Waals surface area contributed by atoms with Crippen LogP contribution in [-0.2, 0) is 28.6 Å². The zero-order valence-electron chi connectivity index (χ0n) is 43.3. The molecule has 378 valence electrons. The van der Waals surface area contributed by atoms with Gasteiger partial charge in [-0.15, -0.1) is 0 Å². The smallest absolute Gasteiger partial charge is 0.306 e. The highest BCUT2D eigenvalue weighted by molar-refractivity contribution is 5.71. The van der Waals surface area contributed by atoms with Crippen molar-refractivity contribution >= 4 is 17.9 Å². The zero-order chi connectivity index (χ0) is 47.2. The minimum Gasteiger partial charge on any atom is -0.462 e. The third kappa shape index (κ3) is 52.2. The van der Waals surface area contributed by atoms with Gasteiger partial charge in [-0.1, -0.05) is 256 Å². The number of carbonyl (C=O) groups is 3. The maximum Gasteiger partial charge on any atom is 0.306 e. The summed E-state index contributed by atoms with van der Waals surface area (Å²) in [6.07, 6.45) is 65.5. The van der Waals surface area contributed by atoms with E-state index in [-0.39, 0.29) is 44.0 Å². The minimum absolute atomic E-state index is 0.0981. The van der Waals surface area contributed by atoms with E-state index in [1.54, 1.807) is 0 Å². The lowest BCUT2D eigenvalue weighted by atomic mass is 10.0. The number of unbranched alkanes of at least 4 members (excludes halogenated alkanes) is 33. The van der Waals surface area contributed by atoms with Crippen LogP contribution in [-0.4, -0.2) is 37.2 Å². The van der Waals surface area contributed by atoms with Crippen LogP contribution in [0.2, 0.25) is 0 Å². The first-order valence-corrected chi connectivity index (χ1v) is 28.2. The number of hydrogen-bond acceptors (Lipinski definition) is 6. The molecule has 0 aliphatic heterocycles. The molecular weight excluding hydrogens is 805 g/mol. The monoisotopic (exact) mass is 911 g/mol. The SMILES string of the molecule is CCCCCCCC/C=C\C/C=C\CCC(=O)OCC(COC(=O)CCCCCCCCCCCCCCCCCCCC)OC(=O)CCCCC/C=C\C=C/CCCCCCCCC. The van der Waals surface area contributed by atoms with Crippen LogP contribution in [0.1, 0.15) is 290 Å². The number of rotatable bonds is 51. The third-order valence-corrected chi connectivity index (χ3v) is 12.3. The molecular formula is C59H106O6. The van der Waals surface area contributed by atoms with E-state index in [0.29, 0.717) is 12.8 Å². The molecule has 65 heavy (non-hydrogen) atoms. The van der Waals surface area contributed by atoms with Crippen molar-refractivity contribution in [1.82, 2.24) is 0 Å². The van der Waals surface area contributed by atoms with E-state index >= 15 is 0 Å². The molecule has 0 amide bonds. The van der Waals surface area contributed by atoms with Crippen LogP contribution in [0.15, 0.2) is 48.6 Å². The number of esters is 3. The Morgan fingerprint density at radius 1 is 0.323 bits per heavy atom. The van der Waals surface area contributed by atoms with Crippen molar-refractivity contribution < 1.29 is 28.6 Å². The molecule has 0 aromatic heterocycles. The maximum absolute atomic E-state index is 12.8. The van der Waals surface area contributed by atoms with Crippen molar-refractivity contribution in [3.63, 3.8) is 0 Å². The predicted molar refractivity (Wildman–Crippen MR) is 279 cm³/mol. The molecule has 0 aliphatic rings. The summed E-state index contributed by atoms with van der Waals surface area (Å²) < 4.78 is 16.8. The Labute approximate surface area is 403 Å². The number of carbonyl (C=O) groups excluding carboxylic acids is 3. The van der Waals surface area contributed by atoms with E-state index in [1.165, 1.54) is 180 Å². The highest BCUT2D eigenvalue weighted by Crippen LogP contribution is 2.16. The van der Waals surface area contributed by atoms with E-state index in [1.807, 2.05) is 6.08 Å². The van der Waals surface area contributed by atoms with Gasteiger partial charge in [0.25, 0.3) is 0 Å². The molecule has 0 bridgehead atoms. The van der Waals surface area contributed by atoms with Gasteiger partial charge in [-0.3, -0.25) is 14.4 Å². The summed E-state index contributed by atoms with van der Waals surface area (Å²) in [7, 11) is 0. The van der Waals surface area contributed by atoms with Gasteiger partial charge in [0.15, 0.2) is 6.10 Å². The summed E-state index contributed by atoms with van der Waals surface area (Å²) in [4.78, 5) is 38.0. The fraction of sp³-hybridized carbons (Fsp3) is 0.814. The quantitative estimate of drug-likeness (QED) is 0.0199. The van der Waals surface area contributed by atoms with Crippen LogP contribution in [0.25, 0.3) is 0 Å². The molecule has 6 nitrogen and oxygen atoms in total. The zero-order valence-corrected chi connectivity index (χ0v) is 43.3. The Morgan fingerprint density at radius 2 is 0.631 bits per heavy atom. The van der Waals surface area contributed by atoms with Crippen molar-refractivity contribution in [2.45, 2.75) is 297 Å². The van der Waals surface area contributed by atoms with E-state index in [2.05, 4.69) is 63.3 Å². The second-order valence-corrected chi connectivity index (χ2v) is 18.9. The Bertz CT molecular complexity index is 1140. The average molecular weight is 911 g/mol. The molecule has 0 spiro atoms. The van der Waals surface area contributed by atoms with Gasteiger partial charge in [0.1, 0.15) is 13.2 Å². The molecule has 0 saturated heterocycles. The predicted octanol–water partition coefficient (Wildman–Crippen LogP) is 18.7. The Balaban J connectivity index is 4.42. The van der Waals surface area contributed by atoms with Gasteiger partial charge < -0.3 is 14.2 Å². The molecule has 0 fully saturated rings. The molecule has 0 rings (SSSR count). The molecule has 0 saturated carbocycles. The molecule has 0 N–H and O–H groups in total. The molecule has 0 radical (unpaired) electrons. The van der Waals surface area contributed by atoms with E-state index < -0.39 is 6.10 Å². The van der Waals surface area contributed by atoms with Crippen LogP contribution in [0, 0.1) is 0 Å². The van der Waals surface area contributed by atoms with E-state index in [4.69, 9.17) is 14.2 Å². The highest BCUT2D eigenvalue weighted by atomic mass is 16.6. The molecule has 6 heteroatoms. The lowest BCUT2D eigenvalue weighted by Crippen LogP contribution is -2.30. The van der Waals surface area contributed by atoms with Crippen molar-refractivity contribution in [1.29, 1.82) is 0 Å². The second-order valence-electron chi connectivity index (χ2n) is 18.9. The van der Waals surface area contributed by atoms with Crippen LogP contribution in [0.3, 0.4) is 0 Å². The first kappa shape index (κ1) is 62.4. The molecule has 1 unspecified atom stereocenters. The maximum atomic E-state index is 12.8. The van der Waals surface area contributed by atoms with Gasteiger partial charge in [0, 0.05) is 19.3 Å². The van der Waals surface area contributed by atoms with Gasteiger partial charge in [-0.25, -0.2) is 0 Å². The van der Waals surface area contributed by atoms with Crippen LogP contribution in [0.4, 0.5) is 0 Å². The number of ether oxygens (including phenoxy) is 3. The first-order valence-electron chi connectivity index (χ1n) is 28.2. The van der Waals surface area contributed by atoms with Crippen LogP contribution < -0.4 is 0 Å². The Morgan fingerprint density at radius 3 is 1.05 bits per heavy atom. The second kappa shape index (κ2) is 54.0. The lowest BCUT2D eigenvalue weighted by Gasteiger charge is -2.18. The summed E-state index contributed by atoms with van der Waals surface area (Å²) in [6.45, 7) is 6.58. The fourth-order valence-corrected chi connectivity index (χ4v) is 8.08. The molecule has 0 aromatic carbocycles. The Hall–Kier alpha value is -2.63. The third-order valence-electron chi connectivity index (χ3n) is 12.3. The standard InChI is InChI=1S/C59H106O6/c1-4-7-10-13-16-19-22-25-27-29-30-32-34-37-40-43-46-49-52-58(61)64-55-56(54-63-57(60)51-48-45-42-39-36-33-24-21-18-15-12-9-6-3)65-59(62)53-50-47-44-41-38-35-31-28-26-23-20-17-14-11-8-5-2/h28,31,33,35-36,38,42,45,56H,4-27,29-30,32,34,37,39-41,43-44,46-55H2,1-3H3/b31-28-,36-33-,38-35-,45-42-. The number of allylic oxidation sites excluding steroid dienone is 8. The largest absolute Gasteiger partial charge is 0.462 e. The summed E-state index contributed by atoms with van der Waals surface area (Å²) in [5.41, 5.74) is 0. The van der Waals surface area contributed by atoms with Gasteiger partial charge in [-0.05, 0) is 64.2 Å². The van der Waals surface area contributed by atoms with Gasteiger partial charge >= 0.3 is 17.9 Å². The lowest BCUT2D eigenvalue weighted by molar-refractivity contribution is -0.166. The van der Waals surface area contributed by atoms with Crippen LogP contribution in [0.5, 0.6) is 0 Å². The van der Waals surface area contributed by atoms with Crippen molar-refractivity contribution in [3.8, 4) is 0 Å². The molecule has 0 heterocycles. The summed E-state index contributed by atoms with van der Waals surface area (Å²) in [5.74, 6) is -0.984. The normalized spacial score (nSPS) is 12.4. The number of hydrogen-bond donors (Lipinski definition) is 0. The average Bonchev–Trinajstić information content (AvgIpc) is 3.30. The topological polar surface area (TPSA) is 78.9 Å². The summed E-state index contributed by atoms with van der Waals surface area (Å²) in [5, 5.41) is 0. The molecule has 0 aromatic rings.